The Labute approximate surface area is 254 Å². The summed E-state index contributed by atoms with van der Waals surface area (Å²) in [7, 11) is 1.63. The highest BCUT2D eigenvalue weighted by atomic mass is 16.5. The van der Waals surface area contributed by atoms with Crippen molar-refractivity contribution in [3.05, 3.63) is 77.9 Å². The van der Waals surface area contributed by atoms with Crippen LogP contribution in [0.5, 0.6) is 5.75 Å². The lowest BCUT2D eigenvalue weighted by atomic mass is 9.75. The lowest BCUT2D eigenvalue weighted by Gasteiger charge is -2.40. The first-order valence-electron chi connectivity index (χ1n) is 15.4. The van der Waals surface area contributed by atoms with E-state index >= 15 is 0 Å². The van der Waals surface area contributed by atoms with E-state index in [0.717, 1.165) is 29.7 Å². The number of rotatable bonds is 7. The fraction of sp³-hybridized carbons (Fsp3) is 0.500. The third kappa shape index (κ3) is 8.24. The maximum absolute atomic E-state index is 13.8. The van der Waals surface area contributed by atoms with Gasteiger partial charge in [0, 0.05) is 45.3 Å². The summed E-state index contributed by atoms with van der Waals surface area (Å²) in [4.78, 5) is 42.5. The van der Waals surface area contributed by atoms with E-state index in [0.29, 0.717) is 65.1 Å². The van der Waals surface area contributed by atoms with Gasteiger partial charge in [0.05, 0.1) is 19.1 Å². The normalized spacial score (nSPS) is 25.3. The van der Waals surface area contributed by atoms with Crippen molar-refractivity contribution in [3.8, 4) is 5.75 Å². The van der Waals surface area contributed by atoms with Crippen LogP contribution in [0.1, 0.15) is 43.2 Å². The van der Waals surface area contributed by atoms with Crippen molar-refractivity contribution in [2.24, 2.45) is 11.3 Å². The van der Waals surface area contributed by atoms with Crippen molar-refractivity contribution in [1.29, 1.82) is 0 Å². The molecule has 1 spiro atoms. The van der Waals surface area contributed by atoms with Crippen molar-refractivity contribution in [3.63, 3.8) is 0 Å². The molecule has 2 aromatic carbocycles. The third-order valence-corrected chi connectivity index (χ3v) is 9.11. The summed E-state index contributed by atoms with van der Waals surface area (Å²) in [5.41, 5.74) is 1.44. The number of carbonyl (C=O) groups excluding carboxylic acids is 3. The molecule has 230 valence electrons. The predicted molar refractivity (Wildman–Crippen MR) is 164 cm³/mol. The lowest BCUT2D eigenvalue weighted by molar-refractivity contribution is -0.140. The van der Waals surface area contributed by atoms with Gasteiger partial charge in [-0.2, -0.15) is 0 Å². The minimum absolute atomic E-state index is 0.0194. The van der Waals surface area contributed by atoms with Gasteiger partial charge in [-0.3, -0.25) is 19.3 Å². The van der Waals surface area contributed by atoms with Crippen LogP contribution < -0.4 is 20.7 Å². The minimum Gasteiger partial charge on any atom is -0.497 e. The third-order valence-electron chi connectivity index (χ3n) is 9.11. The van der Waals surface area contributed by atoms with Crippen LogP contribution in [0.15, 0.2) is 66.7 Å². The average molecular weight is 589 g/mol. The van der Waals surface area contributed by atoms with E-state index in [-0.39, 0.29) is 29.7 Å². The number of fused-ring (bicyclic) bond motifs is 1. The second kappa shape index (κ2) is 14.7. The zero-order valence-electron chi connectivity index (χ0n) is 25.1. The predicted octanol–water partition coefficient (Wildman–Crippen LogP) is 2.99. The monoisotopic (exact) mass is 588 g/mol. The van der Waals surface area contributed by atoms with E-state index in [9.17, 15) is 14.4 Å². The molecule has 3 N–H and O–H groups in total. The summed E-state index contributed by atoms with van der Waals surface area (Å²) < 4.78 is 10.8. The summed E-state index contributed by atoms with van der Waals surface area (Å²) in [6, 6.07) is 16.8. The van der Waals surface area contributed by atoms with Crippen LogP contribution >= 0.6 is 0 Å². The highest BCUT2D eigenvalue weighted by molar-refractivity contribution is 5.90. The Kier molecular flexibility index (Phi) is 10.5. The number of carbonyl (C=O) groups is 3. The van der Waals surface area contributed by atoms with Crippen molar-refractivity contribution >= 4 is 17.7 Å². The largest absolute Gasteiger partial charge is 0.497 e. The number of nitrogens with one attached hydrogen (secondary N) is 3. The van der Waals surface area contributed by atoms with Crippen molar-refractivity contribution in [2.75, 3.05) is 40.0 Å². The maximum atomic E-state index is 13.8. The molecule has 0 unspecified atom stereocenters. The van der Waals surface area contributed by atoms with Crippen LogP contribution in [0, 0.1) is 11.3 Å². The summed E-state index contributed by atoms with van der Waals surface area (Å²) in [5, 5.41) is 9.48. The summed E-state index contributed by atoms with van der Waals surface area (Å²) in [6.45, 7) is 3.27. The van der Waals surface area contributed by atoms with Crippen LogP contribution in [0.25, 0.3) is 0 Å². The van der Waals surface area contributed by atoms with Gasteiger partial charge in [-0.25, -0.2) is 0 Å². The first kappa shape index (κ1) is 30.8. The molecule has 43 heavy (non-hydrogen) atoms. The number of hydrogen-bond acceptors (Lipinski definition) is 6. The van der Waals surface area contributed by atoms with Gasteiger partial charge in [0.15, 0.2) is 0 Å². The molecule has 0 bridgehead atoms. The summed E-state index contributed by atoms with van der Waals surface area (Å²) >= 11 is 0. The lowest BCUT2D eigenvalue weighted by Crippen LogP contribution is -2.58. The molecule has 0 aliphatic carbocycles. The molecule has 5 rings (SSSR count). The Morgan fingerprint density at radius 3 is 2.53 bits per heavy atom. The molecule has 3 atom stereocenters. The first-order chi connectivity index (χ1) is 20.9. The second-order valence-corrected chi connectivity index (χ2v) is 12.0. The molecule has 2 saturated heterocycles. The Morgan fingerprint density at radius 1 is 1.02 bits per heavy atom. The topological polar surface area (TPSA) is 109 Å². The van der Waals surface area contributed by atoms with E-state index < -0.39 is 11.5 Å². The van der Waals surface area contributed by atoms with Crippen LogP contribution in [-0.2, 0) is 32.1 Å². The minimum atomic E-state index is -0.666. The quantitative estimate of drug-likeness (QED) is 0.430. The van der Waals surface area contributed by atoms with Gasteiger partial charge < -0.3 is 25.4 Å². The van der Waals surface area contributed by atoms with E-state index in [2.05, 4.69) is 33.0 Å². The molecule has 2 fully saturated rings. The van der Waals surface area contributed by atoms with Crippen LogP contribution in [0.2, 0.25) is 0 Å². The molecule has 3 heterocycles. The maximum Gasteiger partial charge on any atom is 0.243 e. The zero-order valence-corrected chi connectivity index (χ0v) is 25.1. The smallest absolute Gasteiger partial charge is 0.243 e. The fourth-order valence-electron chi connectivity index (χ4n) is 6.40. The molecule has 3 amide bonds. The number of likely N-dealkylation sites (tertiary alicyclic amines) is 1. The van der Waals surface area contributed by atoms with E-state index in [1.54, 1.807) is 7.11 Å². The van der Waals surface area contributed by atoms with Gasteiger partial charge in [0.1, 0.15) is 11.8 Å². The van der Waals surface area contributed by atoms with E-state index in [4.69, 9.17) is 9.47 Å². The van der Waals surface area contributed by atoms with Gasteiger partial charge in [-0.1, -0.05) is 54.6 Å². The molecule has 3 aliphatic heterocycles. The molecular formula is C34H44N4O5. The number of ether oxygens (including phenoxy) is 2. The van der Waals surface area contributed by atoms with Gasteiger partial charge in [0.2, 0.25) is 17.7 Å². The van der Waals surface area contributed by atoms with Gasteiger partial charge >= 0.3 is 0 Å². The zero-order chi connectivity index (χ0) is 30.1. The Balaban J connectivity index is 1.26. The number of hydrogen-bond donors (Lipinski definition) is 3. The molecule has 0 saturated carbocycles. The molecule has 9 heteroatoms. The van der Waals surface area contributed by atoms with Crippen molar-refractivity contribution in [1.82, 2.24) is 20.9 Å². The van der Waals surface area contributed by atoms with Crippen LogP contribution in [0.4, 0.5) is 0 Å². The molecular weight excluding hydrogens is 544 g/mol. The average Bonchev–Trinajstić information content (AvgIpc) is 3.03. The number of benzene rings is 2. The second-order valence-electron chi connectivity index (χ2n) is 12.0. The Bertz CT molecular complexity index is 1260. The van der Waals surface area contributed by atoms with E-state index in [1.807, 2.05) is 54.6 Å². The van der Waals surface area contributed by atoms with Gasteiger partial charge in [-0.15, -0.1) is 0 Å². The number of allylic oxidation sites excluding steroid dienone is 2. The molecule has 9 nitrogen and oxygen atoms in total. The van der Waals surface area contributed by atoms with Crippen LogP contribution in [0.3, 0.4) is 0 Å². The molecule has 2 aromatic rings. The van der Waals surface area contributed by atoms with Crippen molar-refractivity contribution < 1.29 is 23.9 Å². The standard InChI is InChI=1S/C34H44N4O5/c1-42-28-12-10-26(11-13-28)22-35-31(39)24-38-18-14-29-27(23-38)9-5-6-15-34(16-19-43-20-17-34)33(41)37-30(32(40)36-29)21-25-7-3-2-4-8-25/h2-8,10-13,27,29-30H,9,14-24H2,1H3,(H,35,39)(H,36,40)(H,37,41)/b6-5+/t27-,29-,30-/m0/s1. The highest BCUT2D eigenvalue weighted by Gasteiger charge is 2.41. The number of nitrogens with zero attached hydrogens (tertiary/aromatic N) is 1. The molecule has 0 radical (unpaired) electrons. The molecule has 3 aliphatic rings. The van der Waals surface area contributed by atoms with Crippen LogP contribution in [-0.4, -0.2) is 74.7 Å². The van der Waals surface area contributed by atoms with Gasteiger partial charge in [0.25, 0.3) is 0 Å². The number of piperidine rings is 1. The Morgan fingerprint density at radius 2 is 1.79 bits per heavy atom. The first-order valence-corrected chi connectivity index (χ1v) is 15.4. The fourth-order valence-corrected chi connectivity index (χ4v) is 6.40. The van der Waals surface area contributed by atoms with E-state index in [1.165, 1.54) is 0 Å². The number of amides is 3. The highest BCUT2D eigenvalue weighted by Crippen LogP contribution is 2.36. The Hall–Kier alpha value is -3.69. The number of methoxy groups -OCH3 is 1. The molecule has 0 aromatic heterocycles. The van der Waals surface area contributed by atoms with Crippen molar-refractivity contribution in [2.45, 2.75) is 57.2 Å². The summed E-state index contributed by atoms with van der Waals surface area (Å²) in [6.07, 6.45) is 8.12. The van der Waals surface area contributed by atoms with Gasteiger partial charge in [-0.05, 0) is 61.3 Å². The SMILES string of the molecule is COc1ccc(CNC(=O)CN2CC[C@@H]3NC(=O)[C@H](Cc4ccccc4)NC(=O)C4(C/C=C/C[C@H]3C2)CCOCC4)cc1. The summed E-state index contributed by atoms with van der Waals surface area (Å²) in [5.74, 6) is 0.706.